The summed E-state index contributed by atoms with van der Waals surface area (Å²) >= 11 is 0. The molecule has 1 amide bonds. The molecular formula is C13H19FN2O2. The third-order valence-corrected chi connectivity index (χ3v) is 2.17. The number of nitrogens with one attached hydrogen (secondary N) is 1. The second kappa shape index (κ2) is 5.82. The van der Waals surface area contributed by atoms with E-state index in [2.05, 4.69) is 5.32 Å². The maximum absolute atomic E-state index is 12.7. The molecule has 4 nitrogen and oxygen atoms in total. The van der Waals surface area contributed by atoms with E-state index in [0.717, 1.165) is 5.56 Å². The van der Waals surface area contributed by atoms with E-state index in [9.17, 15) is 9.18 Å². The Labute approximate surface area is 106 Å². The van der Waals surface area contributed by atoms with E-state index >= 15 is 0 Å². The summed E-state index contributed by atoms with van der Waals surface area (Å²) in [4.78, 5) is 11.4. The van der Waals surface area contributed by atoms with Gasteiger partial charge in [-0.2, -0.15) is 0 Å². The highest BCUT2D eigenvalue weighted by atomic mass is 19.1. The van der Waals surface area contributed by atoms with Crippen LogP contribution in [0.15, 0.2) is 24.3 Å². The number of hydrogen-bond donors (Lipinski definition) is 2. The Bertz CT molecular complexity index is 398. The molecule has 5 heteroatoms. The van der Waals surface area contributed by atoms with Crippen molar-refractivity contribution in [2.45, 2.75) is 32.4 Å². The Kier molecular flexibility index (Phi) is 4.67. The molecule has 0 aliphatic rings. The van der Waals surface area contributed by atoms with Crippen LogP contribution in [-0.2, 0) is 4.74 Å². The number of nitrogens with two attached hydrogens (primary N) is 1. The van der Waals surface area contributed by atoms with Crippen LogP contribution in [0.25, 0.3) is 0 Å². The monoisotopic (exact) mass is 254 g/mol. The first-order valence-corrected chi connectivity index (χ1v) is 5.74. The van der Waals surface area contributed by atoms with Crippen molar-refractivity contribution in [2.75, 3.05) is 6.61 Å². The van der Waals surface area contributed by atoms with Gasteiger partial charge in [0.1, 0.15) is 12.4 Å². The second-order valence-corrected chi connectivity index (χ2v) is 5.13. The van der Waals surface area contributed by atoms with Crippen molar-refractivity contribution >= 4 is 6.09 Å². The van der Waals surface area contributed by atoms with Crippen LogP contribution in [0.2, 0.25) is 0 Å². The Morgan fingerprint density at radius 1 is 1.39 bits per heavy atom. The largest absolute Gasteiger partial charge is 0.448 e. The maximum atomic E-state index is 12.7. The highest BCUT2D eigenvalue weighted by molar-refractivity contribution is 5.68. The van der Waals surface area contributed by atoms with E-state index in [-0.39, 0.29) is 18.0 Å². The molecule has 0 aliphatic carbocycles. The summed E-state index contributed by atoms with van der Waals surface area (Å²) < 4.78 is 17.7. The summed E-state index contributed by atoms with van der Waals surface area (Å²) in [6.45, 7) is 5.62. The topological polar surface area (TPSA) is 64.3 Å². The van der Waals surface area contributed by atoms with Gasteiger partial charge in [0.2, 0.25) is 0 Å². The summed E-state index contributed by atoms with van der Waals surface area (Å²) in [6, 6.07) is 5.33. The Hall–Kier alpha value is -1.62. The predicted molar refractivity (Wildman–Crippen MR) is 67.6 cm³/mol. The first kappa shape index (κ1) is 14.4. The van der Waals surface area contributed by atoms with Crippen LogP contribution >= 0.6 is 0 Å². The fourth-order valence-electron chi connectivity index (χ4n) is 1.31. The van der Waals surface area contributed by atoms with E-state index in [1.54, 1.807) is 12.1 Å². The molecule has 0 aromatic heterocycles. The summed E-state index contributed by atoms with van der Waals surface area (Å²) in [5, 5.41) is 2.66. The third kappa shape index (κ3) is 5.14. The second-order valence-electron chi connectivity index (χ2n) is 5.13. The van der Waals surface area contributed by atoms with Gasteiger partial charge < -0.3 is 15.8 Å². The van der Waals surface area contributed by atoms with Gasteiger partial charge in [-0.3, -0.25) is 0 Å². The summed E-state index contributed by atoms with van der Waals surface area (Å²) in [7, 11) is 0. The van der Waals surface area contributed by atoms with Crippen LogP contribution in [0.5, 0.6) is 0 Å². The number of halogens is 1. The SMILES string of the molecule is CC(C)(C)NC(=O)OCC(N)c1ccc(F)cc1. The van der Waals surface area contributed by atoms with Gasteiger partial charge in [0.15, 0.2) is 0 Å². The zero-order valence-electron chi connectivity index (χ0n) is 10.9. The third-order valence-electron chi connectivity index (χ3n) is 2.17. The number of alkyl carbamates (subject to hydrolysis) is 1. The molecule has 0 heterocycles. The van der Waals surface area contributed by atoms with Gasteiger partial charge >= 0.3 is 6.09 Å². The molecular weight excluding hydrogens is 235 g/mol. The Balaban J connectivity index is 2.44. The number of hydrogen-bond acceptors (Lipinski definition) is 3. The number of carbonyl (C=O) groups is 1. The van der Waals surface area contributed by atoms with Crippen LogP contribution in [0.4, 0.5) is 9.18 Å². The van der Waals surface area contributed by atoms with E-state index < -0.39 is 12.1 Å². The number of rotatable bonds is 3. The Morgan fingerprint density at radius 2 is 1.94 bits per heavy atom. The molecule has 18 heavy (non-hydrogen) atoms. The molecule has 1 aromatic carbocycles. The van der Waals surface area contributed by atoms with Crippen molar-refractivity contribution in [3.63, 3.8) is 0 Å². The molecule has 3 N–H and O–H groups in total. The molecule has 1 aromatic rings. The normalized spacial score (nSPS) is 12.9. The average Bonchev–Trinajstić information content (AvgIpc) is 2.24. The minimum Gasteiger partial charge on any atom is -0.448 e. The first-order chi connectivity index (χ1) is 8.28. The van der Waals surface area contributed by atoms with Gasteiger partial charge in [-0.1, -0.05) is 12.1 Å². The average molecular weight is 254 g/mol. The van der Waals surface area contributed by atoms with E-state index in [1.165, 1.54) is 12.1 Å². The molecule has 0 saturated heterocycles. The zero-order chi connectivity index (χ0) is 13.8. The van der Waals surface area contributed by atoms with Crippen LogP contribution in [0.1, 0.15) is 32.4 Å². The highest BCUT2D eigenvalue weighted by Crippen LogP contribution is 2.11. The summed E-state index contributed by atoms with van der Waals surface area (Å²) in [5.74, 6) is -0.322. The van der Waals surface area contributed by atoms with Crippen molar-refractivity contribution in [1.29, 1.82) is 0 Å². The number of carbonyl (C=O) groups excluding carboxylic acids is 1. The van der Waals surface area contributed by atoms with E-state index in [1.807, 2.05) is 20.8 Å². The van der Waals surface area contributed by atoms with Gasteiger partial charge in [-0.05, 0) is 38.5 Å². The van der Waals surface area contributed by atoms with E-state index in [4.69, 9.17) is 10.5 Å². The minimum absolute atomic E-state index is 0.0492. The van der Waals surface area contributed by atoms with E-state index in [0.29, 0.717) is 0 Å². The lowest BCUT2D eigenvalue weighted by Gasteiger charge is -2.21. The van der Waals surface area contributed by atoms with Gasteiger partial charge in [0.05, 0.1) is 6.04 Å². The standard InChI is InChI=1S/C13H19FN2O2/c1-13(2,3)16-12(17)18-8-11(15)9-4-6-10(14)7-5-9/h4-7,11H,8,15H2,1-3H3,(H,16,17). The number of ether oxygens (including phenoxy) is 1. The molecule has 0 saturated carbocycles. The molecule has 0 spiro atoms. The van der Waals surface area contributed by atoms with Crippen LogP contribution < -0.4 is 11.1 Å². The molecule has 0 radical (unpaired) electrons. The molecule has 0 fully saturated rings. The van der Waals surface area contributed by atoms with Crippen molar-refractivity contribution in [3.8, 4) is 0 Å². The van der Waals surface area contributed by atoms with Crippen molar-refractivity contribution in [2.24, 2.45) is 5.73 Å². The summed E-state index contributed by atoms with van der Waals surface area (Å²) in [6.07, 6.45) is -0.514. The van der Waals surface area contributed by atoms with Crippen LogP contribution in [0.3, 0.4) is 0 Å². The maximum Gasteiger partial charge on any atom is 0.407 e. The minimum atomic E-state index is -0.514. The molecule has 0 aliphatic heterocycles. The van der Waals surface area contributed by atoms with Gasteiger partial charge in [-0.15, -0.1) is 0 Å². The van der Waals surface area contributed by atoms with Gasteiger partial charge in [0, 0.05) is 5.54 Å². The van der Waals surface area contributed by atoms with Crippen molar-refractivity contribution in [1.82, 2.24) is 5.32 Å². The Morgan fingerprint density at radius 3 is 2.44 bits per heavy atom. The lowest BCUT2D eigenvalue weighted by molar-refractivity contribution is 0.131. The molecule has 100 valence electrons. The molecule has 1 unspecified atom stereocenters. The van der Waals surface area contributed by atoms with Gasteiger partial charge in [0.25, 0.3) is 0 Å². The van der Waals surface area contributed by atoms with Gasteiger partial charge in [-0.25, -0.2) is 9.18 Å². The lowest BCUT2D eigenvalue weighted by atomic mass is 10.1. The molecule has 1 atom stereocenters. The fourth-order valence-corrected chi connectivity index (χ4v) is 1.31. The zero-order valence-corrected chi connectivity index (χ0v) is 10.9. The van der Waals surface area contributed by atoms with Crippen LogP contribution in [0, 0.1) is 5.82 Å². The van der Waals surface area contributed by atoms with Crippen molar-refractivity contribution in [3.05, 3.63) is 35.6 Å². The van der Waals surface area contributed by atoms with Crippen LogP contribution in [-0.4, -0.2) is 18.2 Å². The quantitative estimate of drug-likeness (QED) is 0.870. The van der Waals surface area contributed by atoms with Crippen molar-refractivity contribution < 1.29 is 13.9 Å². The molecule has 1 rings (SSSR count). The smallest absolute Gasteiger partial charge is 0.407 e. The summed E-state index contributed by atoms with van der Waals surface area (Å²) in [5.41, 5.74) is 6.20. The first-order valence-electron chi connectivity index (χ1n) is 5.74. The predicted octanol–water partition coefficient (Wildman–Crippen LogP) is 2.35. The molecule has 0 bridgehead atoms. The number of benzene rings is 1. The number of amides is 1. The lowest BCUT2D eigenvalue weighted by Crippen LogP contribution is -2.41. The fraction of sp³-hybridized carbons (Fsp3) is 0.462. The highest BCUT2D eigenvalue weighted by Gasteiger charge is 2.16.